The highest BCUT2D eigenvalue weighted by atomic mass is 19.4. The average molecular weight is 318 g/mol. The fourth-order valence-electron chi connectivity index (χ4n) is 3.08. The van der Waals surface area contributed by atoms with E-state index in [0.717, 1.165) is 32.1 Å². The third kappa shape index (κ3) is 4.31. The van der Waals surface area contributed by atoms with Gasteiger partial charge in [0.2, 0.25) is 0 Å². The van der Waals surface area contributed by atoms with Crippen molar-refractivity contribution in [3.63, 3.8) is 0 Å². The van der Waals surface area contributed by atoms with Crippen molar-refractivity contribution < 1.29 is 22.0 Å². The first kappa shape index (κ1) is 17.0. The second kappa shape index (κ2) is 6.80. The Labute approximate surface area is 127 Å². The molecule has 0 unspecified atom stereocenters. The summed E-state index contributed by atoms with van der Waals surface area (Å²) in [5, 5.41) is 0. The Hall–Kier alpha value is -1.39. The van der Waals surface area contributed by atoms with Crippen LogP contribution < -0.4 is 0 Å². The van der Waals surface area contributed by atoms with E-state index in [-0.39, 0.29) is 12.0 Å². The van der Waals surface area contributed by atoms with E-state index >= 15 is 0 Å². The molecule has 0 aliphatic heterocycles. The molecule has 0 N–H and O–H groups in total. The Morgan fingerprint density at radius 3 is 2.05 bits per heavy atom. The highest BCUT2D eigenvalue weighted by Gasteiger charge is 2.25. The zero-order valence-electron chi connectivity index (χ0n) is 12.4. The van der Waals surface area contributed by atoms with E-state index in [1.807, 2.05) is 0 Å². The van der Waals surface area contributed by atoms with Crippen LogP contribution in [0.5, 0.6) is 0 Å². The Balaban J connectivity index is 2.18. The number of rotatable bonds is 3. The van der Waals surface area contributed by atoms with Crippen molar-refractivity contribution in [1.29, 1.82) is 0 Å². The van der Waals surface area contributed by atoms with Gasteiger partial charge in [0, 0.05) is 11.6 Å². The molecule has 0 nitrogen and oxygen atoms in total. The number of hydrogen-bond donors (Lipinski definition) is 0. The molecule has 22 heavy (non-hydrogen) atoms. The Morgan fingerprint density at radius 1 is 1.05 bits per heavy atom. The zero-order valence-corrected chi connectivity index (χ0v) is 12.4. The highest BCUT2D eigenvalue weighted by Crippen LogP contribution is 2.38. The van der Waals surface area contributed by atoms with Crippen LogP contribution in [0.25, 0.3) is 6.08 Å². The summed E-state index contributed by atoms with van der Waals surface area (Å²) in [6.45, 7) is 2.13. The molecule has 5 heteroatoms. The van der Waals surface area contributed by atoms with E-state index < -0.39 is 23.4 Å². The number of alkyl halides is 3. The molecule has 1 aromatic carbocycles. The van der Waals surface area contributed by atoms with Crippen LogP contribution in [-0.2, 0) is 0 Å². The third-order valence-corrected chi connectivity index (χ3v) is 4.44. The first-order chi connectivity index (χ1) is 10.3. The van der Waals surface area contributed by atoms with E-state index in [2.05, 4.69) is 6.92 Å². The van der Waals surface area contributed by atoms with Gasteiger partial charge >= 0.3 is 6.18 Å². The minimum atomic E-state index is -4.59. The Kier molecular flexibility index (Phi) is 5.24. The molecular formula is C17H19F5. The van der Waals surface area contributed by atoms with E-state index in [9.17, 15) is 22.0 Å². The van der Waals surface area contributed by atoms with Crippen LogP contribution in [0.3, 0.4) is 0 Å². The molecule has 2 rings (SSSR count). The molecule has 0 saturated heterocycles. The van der Waals surface area contributed by atoms with E-state index in [0.29, 0.717) is 17.6 Å². The molecule has 0 bridgehead atoms. The Morgan fingerprint density at radius 2 is 1.59 bits per heavy atom. The second-order valence-electron chi connectivity index (χ2n) is 5.90. The van der Waals surface area contributed by atoms with E-state index in [1.54, 1.807) is 0 Å². The number of benzene rings is 1. The predicted octanol–water partition coefficient (Wildman–Crippen LogP) is 6.22. The maximum atomic E-state index is 13.9. The van der Waals surface area contributed by atoms with Gasteiger partial charge < -0.3 is 0 Å². The monoisotopic (exact) mass is 318 g/mol. The molecule has 0 atom stereocenters. The van der Waals surface area contributed by atoms with Crippen LogP contribution in [0.15, 0.2) is 18.2 Å². The maximum Gasteiger partial charge on any atom is 0.409 e. The van der Waals surface area contributed by atoms with E-state index in [1.165, 1.54) is 12.1 Å². The number of halogens is 5. The van der Waals surface area contributed by atoms with Gasteiger partial charge in [-0.2, -0.15) is 13.2 Å². The largest absolute Gasteiger partial charge is 0.409 e. The topological polar surface area (TPSA) is 0 Å². The summed E-state index contributed by atoms with van der Waals surface area (Å²) < 4.78 is 64.2. The standard InChI is InChI=1S/C17H19F5/c1-2-11-3-5-12(6-4-11)13-9-15(18)14(16(19)10-13)7-8-17(20,21)22/h7-12H,2-6H2,1H3/b8-7-. The van der Waals surface area contributed by atoms with Crippen LogP contribution in [0.2, 0.25) is 0 Å². The van der Waals surface area contributed by atoms with Gasteiger partial charge in [0.05, 0.1) is 0 Å². The van der Waals surface area contributed by atoms with Crippen LogP contribution in [-0.4, -0.2) is 6.18 Å². The SMILES string of the molecule is CCC1CCC(c2cc(F)c(/C=C\C(F)(F)F)c(F)c2)CC1. The highest BCUT2D eigenvalue weighted by molar-refractivity contribution is 5.52. The van der Waals surface area contributed by atoms with Crippen molar-refractivity contribution in [2.24, 2.45) is 5.92 Å². The number of allylic oxidation sites excluding steroid dienone is 1. The first-order valence-electron chi connectivity index (χ1n) is 7.55. The molecule has 0 amide bonds. The molecular weight excluding hydrogens is 299 g/mol. The summed E-state index contributed by atoms with van der Waals surface area (Å²) >= 11 is 0. The quantitative estimate of drug-likeness (QED) is 0.580. The maximum absolute atomic E-state index is 13.9. The minimum absolute atomic E-state index is 0.0902. The molecule has 1 fully saturated rings. The molecule has 0 aromatic heterocycles. The molecule has 1 aromatic rings. The summed E-state index contributed by atoms with van der Waals surface area (Å²) in [6.07, 6.45) is 0.611. The summed E-state index contributed by atoms with van der Waals surface area (Å²) in [6, 6.07) is 2.35. The first-order valence-corrected chi connectivity index (χ1v) is 7.55. The summed E-state index contributed by atoms with van der Waals surface area (Å²) in [4.78, 5) is 0. The van der Waals surface area contributed by atoms with Crippen molar-refractivity contribution in [1.82, 2.24) is 0 Å². The van der Waals surface area contributed by atoms with Gasteiger partial charge in [-0.05, 0) is 61.3 Å². The van der Waals surface area contributed by atoms with Gasteiger partial charge in [0.25, 0.3) is 0 Å². The smallest absolute Gasteiger partial charge is 0.206 e. The predicted molar refractivity (Wildman–Crippen MR) is 76.4 cm³/mol. The molecule has 1 aliphatic rings. The molecule has 0 spiro atoms. The van der Waals surface area contributed by atoms with E-state index in [4.69, 9.17) is 0 Å². The van der Waals surface area contributed by atoms with Gasteiger partial charge in [-0.15, -0.1) is 0 Å². The van der Waals surface area contributed by atoms with Crippen molar-refractivity contribution in [2.75, 3.05) is 0 Å². The zero-order chi connectivity index (χ0) is 16.3. The van der Waals surface area contributed by atoms with Crippen molar-refractivity contribution in [3.05, 3.63) is 41.0 Å². The van der Waals surface area contributed by atoms with Crippen LogP contribution in [0.1, 0.15) is 56.1 Å². The lowest BCUT2D eigenvalue weighted by Crippen LogP contribution is -2.13. The molecule has 0 radical (unpaired) electrons. The minimum Gasteiger partial charge on any atom is -0.206 e. The summed E-state index contributed by atoms with van der Waals surface area (Å²) in [5.41, 5.74) is -0.0861. The lowest BCUT2D eigenvalue weighted by Gasteiger charge is -2.28. The van der Waals surface area contributed by atoms with Gasteiger partial charge in [-0.25, -0.2) is 8.78 Å². The normalized spacial score (nSPS) is 23.2. The third-order valence-electron chi connectivity index (χ3n) is 4.44. The molecule has 0 heterocycles. The summed E-state index contributed by atoms with van der Waals surface area (Å²) in [5.74, 6) is -1.12. The van der Waals surface area contributed by atoms with Gasteiger partial charge in [0.15, 0.2) is 0 Å². The van der Waals surface area contributed by atoms with Gasteiger partial charge in [0.1, 0.15) is 11.6 Å². The average Bonchev–Trinajstić information content (AvgIpc) is 2.45. The van der Waals surface area contributed by atoms with Crippen LogP contribution in [0, 0.1) is 17.6 Å². The van der Waals surface area contributed by atoms with Crippen molar-refractivity contribution >= 4 is 6.08 Å². The number of hydrogen-bond acceptors (Lipinski definition) is 0. The molecule has 122 valence electrons. The van der Waals surface area contributed by atoms with Gasteiger partial charge in [-0.1, -0.05) is 13.3 Å². The second-order valence-corrected chi connectivity index (χ2v) is 5.90. The molecule has 1 saturated carbocycles. The van der Waals surface area contributed by atoms with Crippen molar-refractivity contribution in [2.45, 2.75) is 51.1 Å². The fraction of sp³-hybridized carbons (Fsp3) is 0.529. The van der Waals surface area contributed by atoms with Crippen molar-refractivity contribution in [3.8, 4) is 0 Å². The van der Waals surface area contributed by atoms with Crippen LogP contribution in [0.4, 0.5) is 22.0 Å². The lowest BCUT2D eigenvalue weighted by molar-refractivity contribution is -0.0790. The van der Waals surface area contributed by atoms with Crippen LogP contribution >= 0.6 is 0 Å². The summed E-state index contributed by atoms with van der Waals surface area (Å²) in [7, 11) is 0. The van der Waals surface area contributed by atoms with Gasteiger partial charge in [-0.3, -0.25) is 0 Å². The fourth-order valence-corrected chi connectivity index (χ4v) is 3.08. The molecule has 1 aliphatic carbocycles. The lowest BCUT2D eigenvalue weighted by atomic mass is 9.77. The Bertz CT molecular complexity index is 513.